The van der Waals surface area contributed by atoms with Crippen molar-refractivity contribution in [1.82, 2.24) is 20.3 Å². The van der Waals surface area contributed by atoms with E-state index in [1.807, 2.05) is 10.9 Å². The lowest BCUT2D eigenvalue weighted by Gasteiger charge is -2.19. The molecule has 20 heavy (non-hydrogen) atoms. The topological polar surface area (TPSA) is 42.7 Å². The summed E-state index contributed by atoms with van der Waals surface area (Å²) in [6.45, 7) is 11.5. The molecule has 0 radical (unpaired) electrons. The zero-order valence-electron chi connectivity index (χ0n) is 13.0. The lowest BCUT2D eigenvalue weighted by Crippen LogP contribution is -2.35. The van der Waals surface area contributed by atoms with Gasteiger partial charge in [0.1, 0.15) is 0 Å². The molecule has 0 bridgehead atoms. The number of nitrogens with zero attached hydrogens (tertiary/aromatic N) is 3. The fourth-order valence-corrected chi connectivity index (χ4v) is 1.87. The molecule has 0 saturated heterocycles. The molecule has 0 fully saturated rings. The van der Waals surface area contributed by atoms with Gasteiger partial charge in [-0.25, -0.2) is 4.68 Å². The molecule has 0 aliphatic rings. The van der Waals surface area contributed by atoms with Crippen LogP contribution >= 0.6 is 0 Å². The number of nitrogens with one attached hydrogen (secondary N) is 1. The Labute approximate surface area is 121 Å². The van der Waals surface area contributed by atoms with Crippen molar-refractivity contribution in [3.8, 4) is 5.69 Å². The summed E-state index contributed by atoms with van der Waals surface area (Å²) in [5.41, 5.74) is 3.42. The summed E-state index contributed by atoms with van der Waals surface area (Å²) >= 11 is 0. The van der Waals surface area contributed by atoms with E-state index in [0.717, 1.165) is 17.9 Å². The maximum Gasteiger partial charge on any atom is 0.0969 e. The number of benzene rings is 1. The van der Waals surface area contributed by atoms with E-state index in [9.17, 15) is 0 Å². The van der Waals surface area contributed by atoms with Crippen molar-refractivity contribution < 1.29 is 0 Å². The average molecular weight is 272 g/mol. The van der Waals surface area contributed by atoms with Gasteiger partial charge in [-0.1, -0.05) is 31.2 Å². The van der Waals surface area contributed by atoms with Crippen LogP contribution in [0.2, 0.25) is 0 Å². The van der Waals surface area contributed by atoms with Crippen LogP contribution in [0.15, 0.2) is 30.5 Å². The van der Waals surface area contributed by atoms with Crippen LogP contribution in [0, 0.1) is 0 Å². The van der Waals surface area contributed by atoms with E-state index >= 15 is 0 Å². The zero-order valence-corrected chi connectivity index (χ0v) is 13.0. The van der Waals surface area contributed by atoms with Crippen molar-refractivity contribution in [2.24, 2.45) is 0 Å². The zero-order chi connectivity index (χ0) is 14.8. The van der Waals surface area contributed by atoms with E-state index in [0.29, 0.717) is 5.92 Å². The molecule has 0 atom stereocenters. The van der Waals surface area contributed by atoms with Gasteiger partial charge in [-0.15, -0.1) is 5.10 Å². The second-order valence-corrected chi connectivity index (χ2v) is 6.50. The van der Waals surface area contributed by atoms with Gasteiger partial charge >= 0.3 is 0 Å². The standard InChI is InChI=1S/C16H24N4/c1-12(2)13-6-8-15(9-7-13)20-11-14(18-19-20)10-17-16(3,4)5/h6-9,11-12,17H,10H2,1-5H3. The maximum atomic E-state index is 4.20. The number of aromatic nitrogens is 3. The van der Waals surface area contributed by atoms with Crippen LogP contribution in [0.4, 0.5) is 0 Å². The predicted molar refractivity (Wildman–Crippen MR) is 82.0 cm³/mol. The van der Waals surface area contributed by atoms with Gasteiger partial charge in [0.25, 0.3) is 0 Å². The summed E-state index contributed by atoms with van der Waals surface area (Å²) < 4.78 is 1.82. The first kappa shape index (κ1) is 14.7. The molecule has 1 aromatic heterocycles. The lowest BCUT2D eigenvalue weighted by molar-refractivity contribution is 0.421. The van der Waals surface area contributed by atoms with Crippen molar-refractivity contribution in [1.29, 1.82) is 0 Å². The van der Waals surface area contributed by atoms with Gasteiger partial charge in [0.15, 0.2) is 0 Å². The minimum absolute atomic E-state index is 0.0860. The van der Waals surface area contributed by atoms with Crippen molar-refractivity contribution >= 4 is 0 Å². The predicted octanol–water partition coefficient (Wildman–Crippen LogP) is 3.28. The van der Waals surface area contributed by atoms with Crippen LogP contribution in [0.1, 0.15) is 51.8 Å². The molecule has 2 rings (SSSR count). The Hall–Kier alpha value is -1.68. The van der Waals surface area contributed by atoms with Crippen LogP contribution in [0.25, 0.3) is 5.69 Å². The first-order chi connectivity index (χ1) is 9.35. The van der Waals surface area contributed by atoms with Gasteiger partial charge in [-0.3, -0.25) is 0 Å². The third-order valence-electron chi connectivity index (χ3n) is 3.16. The van der Waals surface area contributed by atoms with Gasteiger partial charge in [0.2, 0.25) is 0 Å². The highest BCUT2D eigenvalue weighted by Gasteiger charge is 2.10. The molecule has 1 aromatic carbocycles. The molecule has 0 aliphatic carbocycles. The second kappa shape index (κ2) is 5.75. The smallest absolute Gasteiger partial charge is 0.0969 e. The molecule has 0 unspecified atom stereocenters. The first-order valence-electron chi connectivity index (χ1n) is 7.12. The Morgan fingerprint density at radius 3 is 2.35 bits per heavy atom. The fourth-order valence-electron chi connectivity index (χ4n) is 1.87. The second-order valence-electron chi connectivity index (χ2n) is 6.50. The quantitative estimate of drug-likeness (QED) is 0.928. The van der Waals surface area contributed by atoms with E-state index < -0.39 is 0 Å². The van der Waals surface area contributed by atoms with Crippen LogP contribution in [-0.2, 0) is 6.54 Å². The molecule has 2 aromatic rings. The van der Waals surface area contributed by atoms with Crippen LogP contribution in [0.5, 0.6) is 0 Å². The Bertz CT molecular complexity index is 547. The van der Waals surface area contributed by atoms with Crippen molar-refractivity contribution in [3.05, 3.63) is 41.7 Å². The average Bonchev–Trinajstić information content (AvgIpc) is 2.84. The molecule has 0 spiro atoms. The lowest BCUT2D eigenvalue weighted by atomic mass is 10.0. The van der Waals surface area contributed by atoms with Gasteiger partial charge in [-0.2, -0.15) is 0 Å². The molecule has 1 N–H and O–H groups in total. The van der Waals surface area contributed by atoms with E-state index in [-0.39, 0.29) is 5.54 Å². The highest BCUT2D eigenvalue weighted by atomic mass is 15.4. The minimum atomic E-state index is 0.0860. The third-order valence-corrected chi connectivity index (χ3v) is 3.16. The molecular weight excluding hydrogens is 248 g/mol. The third kappa shape index (κ3) is 3.90. The summed E-state index contributed by atoms with van der Waals surface area (Å²) in [7, 11) is 0. The Morgan fingerprint density at radius 1 is 1.15 bits per heavy atom. The molecule has 108 valence electrons. The molecule has 0 amide bonds. The highest BCUT2D eigenvalue weighted by Crippen LogP contribution is 2.16. The summed E-state index contributed by atoms with van der Waals surface area (Å²) in [6, 6.07) is 8.47. The summed E-state index contributed by atoms with van der Waals surface area (Å²) in [5, 5.41) is 11.8. The normalized spacial score (nSPS) is 12.1. The largest absolute Gasteiger partial charge is 0.306 e. The SMILES string of the molecule is CC(C)c1ccc(-n2cc(CNC(C)(C)C)nn2)cc1. The molecule has 4 heteroatoms. The van der Waals surface area contributed by atoms with E-state index in [2.05, 4.69) is 74.5 Å². The van der Waals surface area contributed by atoms with Gasteiger partial charge in [-0.05, 0) is 44.4 Å². The fraction of sp³-hybridized carbons (Fsp3) is 0.500. The Kier molecular flexibility index (Phi) is 4.23. The summed E-state index contributed by atoms with van der Waals surface area (Å²) in [6.07, 6.45) is 1.98. The number of rotatable bonds is 4. The first-order valence-corrected chi connectivity index (χ1v) is 7.12. The molecule has 0 saturated carbocycles. The van der Waals surface area contributed by atoms with Crippen LogP contribution < -0.4 is 5.32 Å². The molecular formula is C16H24N4. The van der Waals surface area contributed by atoms with E-state index in [1.165, 1.54) is 5.56 Å². The number of hydrogen-bond acceptors (Lipinski definition) is 3. The molecule has 1 heterocycles. The van der Waals surface area contributed by atoms with Gasteiger partial charge < -0.3 is 5.32 Å². The van der Waals surface area contributed by atoms with Crippen LogP contribution in [0.3, 0.4) is 0 Å². The van der Waals surface area contributed by atoms with Crippen molar-refractivity contribution in [2.75, 3.05) is 0 Å². The summed E-state index contributed by atoms with van der Waals surface area (Å²) in [4.78, 5) is 0. The monoisotopic (exact) mass is 272 g/mol. The maximum absolute atomic E-state index is 4.20. The van der Waals surface area contributed by atoms with Crippen molar-refractivity contribution in [2.45, 2.75) is 52.6 Å². The van der Waals surface area contributed by atoms with Gasteiger partial charge in [0.05, 0.1) is 17.6 Å². The Morgan fingerprint density at radius 2 is 1.80 bits per heavy atom. The molecule has 4 nitrogen and oxygen atoms in total. The van der Waals surface area contributed by atoms with E-state index in [4.69, 9.17) is 0 Å². The highest BCUT2D eigenvalue weighted by molar-refractivity contribution is 5.34. The van der Waals surface area contributed by atoms with Gasteiger partial charge in [0, 0.05) is 12.1 Å². The number of hydrogen-bond donors (Lipinski definition) is 1. The van der Waals surface area contributed by atoms with E-state index in [1.54, 1.807) is 0 Å². The Balaban J connectivity index is 2.08. The van der Waals surface area contributed by atoms with Crippen molar-refractivity contribution in [3.63, 3.8) is 0 Å². The molecule has 0 aliphatic heterocycles. The van der Waals surface area contributed by atoms with Crippen LogP contribution in [-0.4, -0.2) is 20.5 Å². The minimum Gasteiger partial charge on any atom is -0.306 e. The summed E-state index contributed by atoms with van der Waals surface area (Å²) in [5.74, 6) is 0.548.